The first-order valence-electron chi connectivity index (χ1n) is 5.26. The Bertz CT molecular complexity index is 688. The number of phenolic OH excluding ortho intramolecular Hbond substituents is 1. The highest BCUT2D eigenvalue weighted by molar-refractivity contribution is 5.95. The summed E-state index contributed by atoms with van der Waals surface area (Å²) in [7, 11) is 0. The van der Waals surface area contributed by atoms with Crippen molar-refractivity contribution < 1.29 is 5.11 Å². The number of pyridine rings is 1. The lowest BCUT2D eigenvalue weighted by Gasteiger charge is -2.00. The maximum atomic E-state index is 9.40. The first kappa shape index (κ1) is 9.72. The highest BCUT2D eigenvalue weighted by Gasteiger charge is 2.07. The molecule has 1 aromatic carbocycles. The van der Waals surface area contributed by atoms with Crippen molar-refractivity contribution in [1.29, 1.82) is 0 Å². The summed E-state index contributed by atoms with van der Waals surface area (Å²) in [6.07, 6.45) is 3.55. The summed E-state index contributed by atoms with van der Waals surface area (Å²) in [5, 5.41) is 10.4. The van der Waals surface area contributed by atoms with Gasteiger partial charge in [-0.1, -0.05) is 0 Å². The van der Waals surface area contributed by atoms with Crippen molar-refractivity contribution >= 4 is 16.6 Å². The zero-order chi connectivity index (χ0) is 11.8. The molecule has 4 heteroatoms. The summed E-state index contributed by atoms with van der Waals surface area (Å²) in [6.45, 7) is 0. The van der Waals surface area contributed by atoms with E-state index in [1.54, 1.807) is 24.4 Å². The van der Waals surface area contributed by atoms with E-state index in [1.807, 2.05) is 18.3 Å². The van der Waals surface area contributed by atoms with Gasteiger partial charge in [-0.2, -0.15) is 0 Å². The number of rotatable bonds is 1. The Kier molecular flexibility index (Phi) is 2.01. The highest BCUT2D eigenvalue weighted by Crippen LogP contribution is 2.29. The molecule has 0 atom stereocenters. The smallest absolute Gasteiger partial charge is 0.117 e. The lowest BCUT2D eigenvalue weighted by atomic mass is 10.1. The number of benzene rings is 1. The molecular formula is C13H11N3O. The topological polar surface area (TPSA) is 74.9 Å². The summed E-state index contributed by atoms with van der Waals surface area (Å²) >= 11 is 0. The molecule has 0 spiro atoms. The van der Waals surface area contributed by atoms with Crippen LogP contribution in [0.5, 0.6) is 5.75 Å². The number of fused-ring (bicyclic) bond motifs is 1. The van der Waals surface area contributed by atoms with E-state index in [0.29, 0.717) is 5.69 Å². The molecule has 0 saturated carbocycles. The van der Waals surface area contributed by atoms with Crippen molar-refractivity contribution in [2.75, 3.05) is 5.73 Å². The highest BCUT2D eigenvalue weighted by atomic mass is 16.3. The number of phenols is 1. The van der Waals surface area contributed by atoms with Gasteiger partial charge in [0.15, 0.2) is 0 Å². The third-order valence-corrected chi connectivity index (χ3v) is 2.73. The molecule has 3 aromatic rings. The van der Waals surface area contributed by atoms with Crippen LogP contribution in [0.4, 0.5) is 5.69 Å². The van der Waals surface area contributed by atoms with E-state index in [2.05, 4.69) is 9.97 Å². The van der Waals surface area contributed by atoms with E-state index < -0.39 is 0 Å². The molecule has 2 heterocycles. The molecule has 0 radical (unpaired) electrons. The third-order valence-electron chi connectivity index (χ3n) is 2.73. The number of aromatic nitrogens is 2. The normalized spacial score (nSPS) is 10.8. The fraction of sp³-hybridized carbons (Fsp3) is 0. The van der Waals surface area contributed by atoms with Crippen LogP contribution in [0.3, 0.4) is 0 Å². The minimum absolute atomic E-state index is 0.242. The number of nitrogens with one attached hydrogen (secondary N) is 1. The van der Waals surface area contributed by atoms with E-state index in [9.17, 15) is 5.11 Å². The predicted molar refractivity (Wildman–Crippen MR) is 67.6 cm³/mol. The summed E-state index contributed by atoms with van der Waals surface area (Å²) < 4.78 is 0. The van der Waals surface area contributed by atoms with Crippen LogP contribution in [-0.2, 0) is 0 Å². The van der Waals surface area contributed by atoms with Crippen LogP contribution in [0.25, 0.3) is 22.2 Å². The minimum Gasteiger partial charge on any atom is -0.508 e. The fourth-order valence-corrected chi connectivity index (χ4v) is 1.92. The SMILES string of the molecule is Nc1ccnc(-c2c[nH]c3cc(O)ccc23)c1. The molecular weight excluding hydrogens is 214 g/mol. The number of anilines is 1. The van der Waals surface area contributed by atoms with E-state index in [0.717, 1.165) is 22.2 Å². The van der Waals surface area contributed by atoms with E-state index in [4.69, 9.17) is 5.73 Å². The summed E-state index contributed by atoms with van der Waals surface area (Å²) in [6, 6.07) is 8.79. The van der Waals surface area contributed by atoms with E-state index in [-0.39, 0.29) is 5.75 Å². The number of nitrogen functional groups attached to an aromatic ring is 1. The van der Waals surface area contributed by atoms with Gasteiger partial charge in [0.05, 0.1) is 5.69 Å². The van der Waals surface area contributed by atoms with Crippen LogP contribution in [0.15, 0.2) is 42.7 Å². The molecule has 4 N–H and O–H groups in total. The number of hydrogen-bond acceptors (Lipinski definition) is 3. The molecule has 0 aliphatic rings. The number of hydrogen-bond donors (Lipinski definition) is 3. The zero-order valence-electron chi connectivity index (χ0n) is 9.01. The zero-order valence-corrected chi connectivity index (χ0v) is 9.01. The number of aromatic amines is 1. The Morgan fingerprint density at radius 2 is 2.06 bits per heavy atom. The number of aromatic hydroxyl groups is 1. The predicted octanol–water partition coefficient (Wildman–Crippen LogP) is 2.52. The van der Waals surface area contributed by atoms with Gasteiger partial charge >= 0.3 is 0 Å². The molecule has 84 valence electrons. The fourth-order valence-electron chi connectivity index (χ4n) is 1.92. The van der Waals surface area contributed by atoms with Gasteiger partial charge < -0.3 is 15.8 Å². The Morgan fingerprint density at radius 1 is 1.18 bits per heavy atom. The standard InChI is InChI=1S/C13H11N3O/c14-8-3-4-15-12(5-8)11-7-16-13-6-9(17)1-2-10(11)13/h1-7,16-17H,(H2,14,15). The second-order valence-corrected chi connectivity index (χ2v) is 3.91. The van der Waals surface area contributed by atoms with E-state index >= 15 is 0 Å². The molecule has 3 rings (SSSR count). The molecule has 0 unspecified atom stereocenters. The van der Waals surface area contributed by atoms with Crippen LogP contribution >= 0.6 is 0 Å². The van der Waals surface area contributed by atoms with Crippen LogP contribution in [0.2, 0.25) is 0 Å². The van der Waals surface area contributed by atoms with E-state index in [1.165, 1.54) is 0 Å². The summed E-state index contributed by atoms with van der Waals surface area (Å²) in [5.74, 6) is 0.242. The molecule has 2 aromatic heterocycles. The minimum atomic E-state index is 0.242. The lowest BCUT2D eigenvalue weighted by Crippen LogP contribution is -1.87. The van der Waals surface area contributed by atoms with Gasteiger partial charge in [0.25, 0.3) is 0 Å². The van der Waals surface area contributed by atoms with Crippen molar-refractivity contribution in [3.8, 4) is 17.0 Å². The van der Waals surface area contributed by atoms with Gasteiger partial charge in [-0.05, 0) is 24.3 Å². The maximum absolute atomic E-state index is 9.40. The van der Waals surface area contributed by atoms with Gasteiger partial charge in [-0.25, -0.2) is 0 Å². The molecule has 0 fully saturated rings. The summed E-state index contributed by atoms with van der Waals surface area (Å²) in [4.78, 5) is 7.40. The number of nitrogens with zero attached hydrogens (tertiary/aromatic N) is 1. The Labute approximate surface area is 97.7 Å². The van der Waals surface area contributed by atoms with Crippen molar-refractivity contribution in [2.45, 2.75) is 0 Å². The average molecular weight is 225 g/mol. The number of nitrogens with two attached hydrogens (primary N) is 1. The first-order valence-corrected chi connectivity index (χ1v) is 5.26. The monoisotopic (exact) mass is 225 g/mol. The molecule has 0 bridgehead atoms. The van der Waals surface area contributed by atoms with Gasteiger partial charge in [0.1, 0.15) is 5.75 Å². The first-order chi connectivity index (χ1) is 8.24. The molecule has 0 aliphatic heterocycles. The number of H-pyrrole nitrogens is 1. The molecule has 4 nitrogen and oxygen atoms in total. The quantitative estimate of drug-likeness (QED) is 0.595. The third kappa shape index (κ3) is 1.59. The van der Waals surface area contributed by atoms with Crippen LogP contribution < -0.4 is 5.73 Å². The van der Waals surface area contributed by atoms with Crippen molar-refractivity contribution in [3.63, 3.8) is 0 Å². The Balaban J connectivity index is 2.24. The van der Waals surface area contributed by atoms with Gasteiger partial charge in [-0.15, -0.1) is 0 Å². The van der Waals surface area contributed by atoms with Gasteiger partial charge in [0, 0.05) is 40.6 Å². The van der Waals surface area contributed by atoms with Crippen molar-refractivity contribution in [3.05, 3.63) is 42.7 Å². The van der Waals surface area contributed by atoms with Crippen molar-refractivity contribution in [1.82, 2.24) is 9.97 Å². The van der Waals surface area contributed by atoms with Crippen LogP contribution in [-0.4, -0.2) is 15.1 Å². The molecule has 0 amide bonds. The van der Waals surface area contributed by atoms with Crippen molar-refractivity contribution in [2.24, 2.45) is 0 Å². The lowest BCUT2D eigenvalue weighted by molar-refractivity contribution is 0.476. The largest absolute Gasteiger partial charge is 0.508 e. The second-order valence-electron chi connectivity index (χ2n) is 3.91. The van der Waals surface area contributed by atoms with Gasteiger partial charge in [0.2, 0.25) is 0 Å². The molecule has 0 saturated heterocycles. The van der Waals surface area contributed by atoms with Crippen LogP contribution in [0.1, 0.15) is 0 Å². The second kappa shape index (κ2) is 3.52. The molecule has 0 aliphatic carbocycles. The van der Waals surface area contributed by atoms with Crippen LogP contribution in [0, 0.1) is 0 Å². The summed E-state index contributed by atoms with van der Waals surface area (Å²) in [5.41, 5.74) is 9.11. The Hall–Kier alpha value is -2.49. The maximum Gasteiger partial charge on any atom is 0.117 e. The Morgan fingerprint density at radius 3 is 2.88 bits per heavy atom. The average Bonchev–Trinajstić information content (AvgIpc) is 2.71. The molecule has 17 heavy (non-hydrogen) atoms. The van der Waals surface area contributed by atoms with Gasteiger partial charge in [-0.3, -0.25) is 4.98 Å².